The molecule has 1 aromatic heterocycles. The van der Waals surface area contributed by atoms with Crippen LogP contribution in [0.1, 0.15) is 32.0 Å². The lowest BCUT2D eigenvalue weighted by Gasteiger charge is -2.19. The molecule has 0 bridgehead atoms. The average Bonchev–Trinajstić information content (AvgIpc) is 2.88. The topological polar surface area (TPSA) is 77.8 Å². The molecule has 2 aromatic rings. The minimum absolute atomic E-state index is 0.0630. The summed E-state index contributed by atoms with van der Waals surface area (Å²) in [5, 5.41) is 2.77. The first-order chi connectivity index (χ1) is 10.3. The highest BCUT2D eigenvalue weighted by Gasteiger charge is 2.13. The maximum absolute atomic E-state index is 11.8. The van der Waals surface area contributed by atoms with E-state index in [1.807, 2.05) is 12.1 Å². The number of thioether (sulfide) groups is 1. The Bertz CT molecular complexity index is 680. The summed E-state index contributed by atoms with van der Waals surface area (Å²) in [4.78, 5) is 28.9. The summed E-state index contributed by atoms with van der Waals surface area (Å²) in [5.74, 6) is 0.288. The molecule has 0 saturated carbocycles. The first-order valence-corrected chi connectivity index (χ1v) is 8.10. The zero-order valence-electron chi connectivity index (χ0n) is 13.0. The van der Waals surface area contributed by atoms with E-state index < -0.39 is 0 Å². The third-order valence-electron chi connectivity index (χ3n) is 3.22. The zero-order valence-corrected chi connectivity index (χ0v) is 13.8. The summed E-state index contributed by atoms with van der Waals surface area (Å²) in [6.07, 6.45) is 1.56. The maximum Gasteiger partial charge on any atom is 0.323 e. The predicted molar refractivity (Wildman–Crippen MR) is 89.1 cm³/mol. The molecule has 0 radical (unpaired) electrons. The SMILES string of the molecule is CC(C)(C)c1ccc(SCC(=O)NCc2c[nH]c(=O)[nH]2)cc1. The molecule has 3 N–H and O–H groups in total. The first kappa shape index (κ1) is 16.4. The van der Waals surface area contributed by atoms with Crippen LogP contribution in [0.2, 0.25) is 0 Å². The molecule has 1 heterocycles. The summed E-state index contributed by atoms with van der Waals surface area (Å²) in [6.45, 7) is 6.84. The standard InChI is InChI=1S/C16H21N3O2S/c1-16(2,3)11-4-6-13(7-5-11)22-10-14(20)17-8-12-9-18-15(21)19-12/h4-7,9H,8,10H2,1-3H3,(H,17,20)(H2,18,19,21). The molecule has 0 saturated heterocycles. The van der Waals surface area contributed by atoms with Crippen molar-refractivity contribution in [3.8, 4) is 0 Å². The van der Waals surface area contributed by atoms with Crippen LogP contribution in [0.4, 0.5) is 0 Å². The van der Waals surface area contributed by atoms with Crippen molar-refractivity contribution in [2.24, 2.45) is 0 Å². The van der Waals surface area contributed by atoms with Crippen LogP contribution in [0.15, 0.2) is 40.2 Å². The molecule has 0 aliphatic carbocycles. The van der Waals surface area contributed by atoms with Gasteiger partial charge in [0.15, 0.2) is 0 Å². The number of hydrogen-bond donors (Lipinski definition) is 3. The lowest BCUT2D eigenvalue weighted by Crippen LogP contribution is -2.25. The van der Waals surface area contributed by atoms with Crippen LogP contribution in [0.25, 0.3) is 0 Å². The van der Waals surface area contributed by atoms with Crippen molar-refractivity contribution in [3.05, 3.63) is 52.2 Å². The van der Waals surface area contributed by atoms with E-state index in [1.54, 1.807) is 6.20 Å². The molecule has 2 rings (SSSR count). The van der Waals surface area contributed by atoms with Gasteiger partial charge in [0.1, 0.15) is 0 Å². The number of rotatable bonds is 5. The van der Waals surface area contributed by atoms with Crippen LogP contribution in [0, 0.1) is 0 Å². The van der Waals surface area contributed by atoms with Crippen molar-refractivity contribution in [2.45, 2.75) is 37.6 Å². The number of carbonyl (C=O) groups excluding carboxylic acids is 1. The second kappa shape index (κ2) is 6.87. The van der Waals surface area contributed by atoms with Gasteiger partial charge >= 0.3 is 5.69 Å². The van der Waals surface area contributed by atoms with Gasteiger partial charge < -0.3 is 15.3 Å². The number of amides is 1. The van der Waals surface area contributed by atoms with E-state index in [0.29, 0.717) is 18.0 Å². The van der Waals surface area contributed by atoms with Gasteiger partial charge in [-0.15, -0.1) is 11.8 Å². The summed E-state index contributed by atoms with van der Waals surface area (Å²) in [6, 6.07) is 8.29. The molecule has 0 aliphatic rings. The molecule has 1 aromatic carbocycles. The van der Waals surface area contributed by atoms with Crippen molar-refractivity contribution in [1.29, 1.82) is 0 Å². The van der Waals surface area contributed by atoms with Gasteiger partial charge in [-0.2, -0.15) is 0 Å². The fourth-order valence-electron chi connectivity index (χ4n) is 1.91. The van der Waals surface area contributed by atoms with Gasteiger partial charge in [-0.1, -0.05) is 32.9 Å². The minimum atomic E-state index is -0.266. The van der Waals surface area contributed by atoms with Gasteiger partial charge in [0.05, 0.1) is 18.0 Å². The Morgan fingerprint density at radius 2 is 1.91 bits per heavy atom. The normalized spacial score (nSPS) is 11.4. The molecule has 0 fully saturated rings. The van der Waals surface area contributed by atoms with Gasteiger partial charge in [-0.25, -0.2) is 4.79 Å². The second-order valence-corrected chi connectivity index (χ2v) is 7.16. The number of carbonyl (C=O) groups is 1. The smallest absolute Gasteiger partial charge is 0.323 e. The van der Waals surface area contributed by atoms with Crippen LogP contribution in [0.3, 0.4) is 0 Å². The molecular weight excluding hydrogens is 298 g/mol. The Morgan fingerprint density at radius 1 is 1.23 bits per heavy atom. The lowest BCUT2D eigenvalue weighted by atomic mass is 9.87. The van der Waals surface area contributed by atoms with Crippen molar-refractivity contribution in [2.75, 3.05) is 5.75 Å². The van der Waals surface area contributed by atoms with Crippen LogP contribution in [0.5, 0.6) is 0 Å². The summed E-state index contributed by atoms with van der Waals surface area (Å²) in [7, 11) is 0. The highest BCUT2D eigenvalue weighted by atomic mass is 32.2. The van der Waals surface area contributed by atoms with E-state index in [4.69, 9.17) is 0 Å². The highest BCUT2D eigenvalue weighted by Crippen LogP contribution is 2.25. The Kier molecular flexibility index (Phi) is 5.13. The number of imidazole rings is 1. The van der Waals surface area contributed by atoms with Gasteiger partial charge in [-0.3, -0.25) is 4.79 Å². The van der Waals surface area contributed by atoms with E-state index in [9.17, 15) is 9.59 Å². The fourth-order valence-corrected chi connectivity index (χ4v) is 2.64. The van der Waals surface area contributed by atoms with Gasteiger partial charge in [-0.05, 0) is 23.1 Å². The number of nitrogens with one attached hydrogen (secondary N) is 3. The quantitative estimate of drug-likeness (QED) is 0.741. The average molecular weight is 319 g/mol. The van der Waals surface area contributed by atoms with E-state index in [-0.39, 0.29) is 17.0 Å². The van der Waals surface area contributed by atoms with E-state index >= 15 is 0 Å². The Hall–Kier alpha value is -1.95. The van der Waals surface area contributed by atoms with Crippen molar-refractivity contribution >= 4 is 17.7 Å². The van der Waals surface area contributed by atoms with Crippen molar-refractivity contribution in [3.63, 3.8) is 0 Å². The monoisotopic (exact) mass is 319 g/mol. The number of aromatic amines is 2. The van der Waals surface area contributed by atoms with E-state index in [2.05, 4.69) is 48.2 Å². The molecule has 22 heavy (non-hydrogen) atoms. The minimum Gasteiger partial charge on any atom is -0.350 e. The zero-order chi connectivity index (χ0) is 16.2. The van der Waals surface area contributed by atoms with Crippen LogP contribution >= 0.6 is 11.8 Å². The molecule has 118 valence electrons. The third-order valence-corrected chi connectivity index (χ3v) is 4.23. The lowest BCUT2D eigenvalue weighted by molar-refractivity contribution is -0.118. The van der Waals surface area contributed by atoms with Gasteiger partial charge in [0.2, 0.25) is 5.91 Å². The van der Waals surface area contributed by atoms with Crippen molar-refractivity contribution in [1.82, 2.24) is 15.3 Å². The summed E-state index contributed by atoms with van der Waals surface area (Å²) in [5.41, 5.74) is 1.81. The Morgan fingerprint density at radius 3 is 2.45 bits per heavy atom. The molecule has 5 nitrogen and oxygen atoms in total. The van der Waals surface area contributed by atoms with Gasteiger partial charge in [0, 0.05) is 11.1 Å². The fraction of sp³-hybridized carbons (Fsp3) is 0.375. The maximum atomic E-state index is 11.8. The van der Waals surface area contributed by atoms with Crippen LogP contribution < -0.4 is 11.0 Å². The van der Waals surface area contributed by atoms with Crippen LogP contribution in [-0.4, -0.2) is 21.6 Å². The number of benzene rings is 1. The predicted octanol–water partition coefficient (Wildman–Crippen LogP) is 2.41. The molecular formula is C16H21N3O2S. The molecule has 0 aliphatic heterocycles. The molecule has 0 spiro atoms. The second-order valence-electron chi connectivity index (χ2n) is 6.11. The molecule has 0 unspecified atom stereocenters. The third kappa shape index (κ3) is 4.80. The molecule has 6 heteroatoms. The number of aromatic nitrogens is 2. The molecule has 1 amide bonds. The molecule has 0 atom stereocenters. The Labute approximate surface area is 133 Å². The summed E-state index contributed by atoms with van der Waals surface area (Å²) >= 11 is 1.50. The largest absolute Gasteiger partial charge is 0.350 e. The van der Waals surface area contributed by atoms with E-state index in [0.717, 1.165) is 4.90 Å². The van der Waals surface area contributed by atoms with Crippen LogP contribution in [-0.2, 0) is 16.8 Å². The first-order valence-electron chi connectivity index (χ1n) is 7.11. The Balaban J connectivity index is 1.79. The number of hydrogen-bond acceptors (Lipinski definition) is 3. The highest BCUT2D eigenvalue weighted by molar-refractivity contribution is 8.00. The van der Waals surface area contributed by atoms with Crippen molar-refractivity contribution < 1.29 is 4.79 Å². The number of H-pyrrole nitrogens is 2. The summed E-state index contributed by atoms with van der Waals surface area (Å²) < 4.78 is 0. The van der Waals surface area contributed by atoms with Gasteiger partial charge in [0.25, 0.3) is 0 Å². The van der Waals surface area contributed by atoms with E-state index in [1.165, 1.54) is 17.3 Å².